The smallest absolute Gasteiger partial charge is 0.166 e. The van der Waals surface area contributed by atoms with Crippen molar-refractivity contribution in [2.75, 3.05) is 30.4 Å². The van der Waals surface area contributed by atoms with Crippen LogP contribution in [-0.2, 0) is 13.2 Å². The number of benzene rings is 3. The second kappa shape index (κ2) is 11.0. The summed E-state index contributed by atoms with van der Waals surface area (Å²) in [6, 6.07) is 16.3. The van der Waals surface area contributed by atoms with E-state index in [9.17, 15) is 4.39 Å². The van der Waals surface area contributed by atoms with Gasteiger partial charge in [-0.05, 0) is 55.7 Å². The van der Waals surface area contributed by atoms with E-state index < -0.39 is 5.82 Å². The van der Waals surface area contributed by atoms with Crippen LogP contribution in [0.1, 0.15) is 30.4 Å². The minimum atomic E-state index is -0.402. The van der Waals surface area contributed by atoms with Crippen molar-refractivity contribution in [2.24, 2.45) is 0 Å². The van der Waals surface area contributed by atoms with Gasteiger partial charge in [-0.2, -0.15) is 0 Å². The van der Waals surface area contributed by atoms with Crippen LogP contribution >= 0.6 is 23.2 Å². The third-order valence-electron chi connectivity index (χ3n) is 5.83. The van der Waals surface area contributed by atoms with Gasteiger partial charge < -0.3 is 19.7 Å². The van der Waals surface area contributed by atoms with Gasteiger partial charge in [0, 0.05) is 36.4 Å². The van der Waals surface area contributed by atoms with Crippen LogP contribution in [0.4, 0.5) is 15.8 Å². The summed E-state index contributed by atoms with van der Waals surface area (Å²) in [6.45, 7) is 2.57. The fourth-order valence-electron chi connectivity index (χ4n) is 4.05. The molecule has 1 saturated heterocycles. The molecule has 1 fully saturated rings. The topological polar surface area (TPSA) is 33.7 Å². The van der Waals surface area contributed by atoms with Gasteiger partial charge in [0.15, 0.2) is 11.5 Å². The quantitative estimate of drug-likeness (QED) is 0.360. The highest BCUT2D eigenvalue weighted by molar-refractivity contribution is 6.33. The monoisotopic (exact) mass is 488 g/mol. The highest BCUT2D eigenvalue weighted by Gasteiger charge is 2.16. The normalized spacial score (nSPS) is 13.6. The summed E-state index contributed by atoms with van der Waals surface area (Å²) in [4.78, 5) is 2.34. The summed E-state index contributed by atoms with van der Waals surface area (Å²) in [5.41, 5.74) is 3.17. The number of hydrogen-bond donors (Lipinski definition) is 1. The summed E-state index contributed by atoms with van der Waals surface area (Å²) >= 11 is 12.8. The van der Waals surface area contributed by atoms with E-state index in [0.717, 1.165) is 35.1 Å². The van der Waals surface area contributed by atoms with Crippen molar-refractivity contribution in [1.29, 1.82) is 0 Å². The van der Waals surface area contributed by atoms with Gasteiger partial charge in [-0.15, -0.1) is 0 Å². The first-order valence-electron chi connectivity index (χ1n) is 11.1. The molecular formula is C26H27Cl2FN2O2. The van der Waals surface area contributed by atoms with Gasteiger partial charge in [0.1, 0.15) is 12.4 Å². The Morgan fingerprint density at radius 3 is 2.48 bits per heavy atom. The molecule has 0 amide bonds. The van der Waals surface area contributed by atoms with Crippen molar-refractivity contribution in [3.05, 3.63) is 81.6 Å². The standard InChI is InChI=1S/C26H27Cl2FN2O2/c1-32-25-10-5-7-18(26(25)33-17-20-21(27)8-6-9-23(20)29)16-30-19-11-12-24(22(28)15-19)31-13-3-2-4-14-31/h5-12,15,30H,2-4,13-14,16-17H2,1H3. The molecule has 4 rings (SSSR count). The first kappa shape index (κ1) is 23.5. The average molecular weight is 489 g/mol. The number of nitrogens with zero attached hydrogens (tertiary/aromatic N) is 1. The van der Waals surface area contributed by atoms with Gasteiger partial charge >= 0.3 is 0 Å². The van der Waals surface area contributed by atoms with Gasteiger partial charge in [-0.3, -0.25) is 0 Å². The van der Waals surface area contributed by atoms with Gasteiger partial charge in [0.25, 0.3) is 0 Å². The number of rotatable bonds is 8. The molecule has 0 aliphatic carbocycles. The number of piperidine rings is 1. The maximum Gasteiger partial charge on any atom is 0.166 e. The maximum atomic E-state index is 14.2. The van der Waals surface area contributed by atoms with E-state index in [1.54, 1.807) is 19.2 Å². The van der Waals surface area contributed by atoms with Crippen LogP contribution < -0.4 is 19.7 Å². The third kappa shape index (κ3) is 5.66. The van der Waals surface area contributed by atoms with Gasteiger partial charge in [-0.25, -0.2) is 4.39 Å². The number of nitrogens with one attached hydrogen (secondary N) is 1. The Morgan fingerprint density at radius 1 is 0.970 bits per heavy atom. The van der Waals surface area contributed by atoms with E-state index in [-0.39, 0.29) is 6.61 Å². The van der Waals surface area contributed by atoms with Gasteiger partial charge in [-0.1, -0.05) is 41.4 Å². The molecule has 3 aromatic carbocycles. The highest BCUT2D eigenvalue weighted by Crippen LogP contribution is 2.35. The Morgan fingerprint density at radius 2 is 1.76 bits per heavy atom. The molecule has 1 N–H and O–H groups in total. The fraction of sp³-hybridized carbons (Fsp3) is 0.308. The number of methoxy groups -OCH3 is 1. The molecule has 1 aliphatic rings. The SMILES string of the molecule is COc1cccc(CNc2ccc(N3CCCCC3)c(Cl)c2)c1OCc1c(F)cccc1Cl. The molecule has 0 radical (unpaired) electrons. The predicted molar refractivity (Wildman–Crippen MR) is 134 cm³/mol. The molecule has 3 aromatic rings. The molecule has 0 saturated carbocycles. The van der Waals surface area contributed by atoms with Crippen LogP contribution in [0.25, 0.3) is 0 Å². The van der Waals surface area contributed by atoms with Gasteiger partial charge in [0.2, 0.25) is 0 Å². The first-order chi connectivity index (χ1) is 16.1. The van der Waals surface area contributed by atoms with E-state index >= 15 is 0 Å². The van der Waals surface area contributed by atoms with Crippen molar-refractivity contribution < 1.29 is 13.9 Å². The minimum absolute atomic E-state index is 0.00472. The van der Waals surface area contributed by atoms with E-state index in [1.807, 2.05) is 30.3 Å². The van der Waals surface area contributed by atoms with Crippen LogP contribution in [0.15, 0.2) is 54.6 Å². The molecule has 174 valence electrons. The predicted octanol–water partition coefficient (Wildman–Crippen LogP) is 7.32. The van der Waals surface area contributed by atoms with Crippen molar-refractivity contribution in [1.82, 2.24) is 0 Å². The van der Waals surface area contributed by atoms with E-state index in [0.29, 0.717) is 28.6 Å². The molecule has 0 aromatic heterocycles. The molecular weight excluding hydrogens is 462 g/mol. The summed E-state index contributed by atoms with van der Waals surface area (Å²) < 4.78 is 25.7. The largest absolute Gasteiger partial charge is 0.493 e. The molecule has 0 atom stereocenters. The average Bonchev–Trinajstić information content (AvgIpc) is 2.83. The lowest BCUT2D eigenvalue weighted by atomic mass is 10.1. The Kier molecular flexibility index (Phi) is 7.84. The second-order valence-electron chi connectivity index (χ2n) is 8.00. The van der Waals surface area contributed by atoms with Crippen LogP contribution in [-0.4, -0.2) is 20.2 Å². The van der Waals surface area contributed by atoms with Crippen molar-refractivity contribution in [2.45, 2.75) is 32.4 Å². The lowest BCUT2D eigenvalue weighted by Crippen LogP contribution is -2.29. The van der Waals surface area contributed by atoms with E-state index in [1.165, 1.54) is 25.3 Å². The Bertz CT molecular complexity index is 1080. The zero-order valence-corrected chi connectivity index (χ0v) is 20.1. The van der Waals surface area contributed by atoms with Crippen LogP contribution in [0, 0.1) is 5.82 Å². The Balaban J connectivity index is 1.48. The molecule has 4 nitrogen and oxygen atoms in total. The number of para-hydroxylation sites is 1. The third-order valence-corrected chi connectivity index (χ3v) is 6.49. The fourth-order valence-corrected chi connectivity index (χ4v) is 4.56. The van der Waals surface area contributed by atoms with Gasteiger partial charge in [0.05, 0.1) is 22.8 Å². The number of ether oxygens (including phenoxy) is 2. The molecule has 1 aliphatic heterocycles. The molecule has 0 bridgehead atoms. The molecule has 33 heavy (non-hydrogen) atoms. The summed E-state index contributed by atoms with van der Waals surface area (Å²) in [5.74, 6) is 0.712. The van der Waals surface area contributed by atoms with E-state index in [4.69, 9.17) is 32.7 Å². The zero-order chi connectivity index (χ0) is 23.2. The Labute approximate surface area is 204 Å². The summed E-state index contributed by atoms with van der Waals surface area (Å²) in [5, 5.41) is 4.47. The van der Waals surface area contributed by atoms with Crippen molar-refractivity contribution in [3.63, 3.8) is 0 Å². The number of hydrogen-bond acceptors (Lipinski definition) is 4. The van der Waals surface area contributed by atoms with Crippen molar-refractivity contribution >= 4 is 34.6 Å². The molecule has 7 heteroatoms. The Hall–Kier alpha value is -2.63. The summed E-state index contributed by atoms with van der Waals surface area (Å²) in [6.07, 6.45) is 3.68. The lowest BCUT2D eigenvalue weighted by Gasteiger charge is -2.29. The lowest BCUT2D eigenvalue weighted by molar-refractivity contribution is 0.277. The van der Waals surface area contributed by atoms with Crippen LogP contribution in [0.5, 0.6) is 11.5 Å². The minimum Gasteiger partial charge on any atom is -0.493 e. The first-order valence-corrected chi connectivity index (χ1v) is 11.8. The number of halogens is 3. The van der Waals surface area contributed by atoms with Crippen LogP contribution in [0.2, 0.25) is 10.0 Å². The molecule has 0 spiro atoms. The molecule has 1 heterocycles. The van der Waals surface area contributed by atoms with Crippen molar-refractivity contribution in [3.8, 4) is 11.5 Å². The highest BCUT2D eigenvalue weighted by atomic mass is 35.5. The second-order valence-corrected chi connectivity index (χ2v) is 8.82. The summed E-state index contributed by atoms with van der Waals surface area (Å²) in [7, 11) is 1.58. The zero-order valence-electron chi connectivity index (χ0n) is 18.5. The molecule has 0 unspecified atom stereocenters. The maximum absolute atomic E-state index is 14.2. The van der Waals surface area contributed by atoms with E-state index in [2.05, 4.69) is 16.3 Å². The van der Waals surface area contributed by atoms with Crippen LogP contribution in [0.3, 0.4) is 0 Å². The number of anilines is 2.